The molecule has 0 amide bonds. The Morgan fingerprint density at radius 1 is 1.38 bits per heavy atom. The highest BCUT2D eigenvalue weighted by Gasteiger charge is 2.12. The maximum absolute atomic E-state index is 5.98. The quantitative estimate of drug-likeness (QED) is 0.857. The first-order valence-corrected chi connectivity index (χ1v) is 5.89. The summed E-state index contributed by atoms with van der Waals surface area (Å²) in [6, 6.07) is 6.04. The molecule has 1 aromatic carbocycles. The molecule has 0 aliphatic rings. The number of aryl methyl sites for hydroxylation is 1. The molecular formula is C13H18N2O. The van der Waals surface area contributed by atoms with E-state index in [-0.39, 0.29) is 6.04 Å². The van der Waals surface area contributed by atoms with E-state index in [9.17, 15) is 0 Å². The molecule has 0 bridgehead atoms. The van der Waals surface area contributed by atoms with E-state index in [2.05, 4.69) is 31.0 Å². The van der Waals surface area contributed by atoms with Crippen LogP contribution in [0.15, 0.2) is 22.6 Å². The van der Waals surface area contributed by atoms with Crippen LogP contribution in [0.3, 0.4) is 0 Å². The molecule has 86 valence electrons. The van der Waals surface area contributed by atoms with Crippen LogP contribution < -0.4 is 5.73 Å². The minimum atomic E-state index is -0.0810. The molecular weight excluding hydrogens is 200 g/mol. The van der Waals surface area contributed by atoms with Gasteiger partial charge >= 0.3 is 0 Å². The summed E-state index contributed by atoms with van der Waals surface area (Å²) in [7, 11) is 0. The molecule has 16 heavy (non-hydrogen) atoms. The van der Waals surface area contributed by atoms with E-state index in [0.29, 0.717) is 5.89 Å². The second kappa shape index (κ2) is 4.66. The van der Waals surface area contributed by atoms with Crippen LogP contribution in [0.25, 0.3) is 11.1 Å². The zero-order chi connectivity index (χ0) is 11.5. The van der Waals surface area contributed by atoms with Crippen LogP contribution in [0.2, 0.25) is 0 Å². The third kappa shape index (κ3) is 2.09. The number of hydrogen-bond acceptors (Lipinski definition) is 3. The van der Waals surface area contributed by atoms with Gasteiger partial charge in [-0.1, -0.05) is 26.3 Å². The van der Waals surface area contributed by atoms with Crippen molar-refractivity contribution >= 4 is 11.1 Å². The number of aromatic nitrogens is 1. The summed E-state index contributed by atoms with van der Waals surface area (Å²) in [4.78, 5) is 4.45. The predicted octanol–water partition coefficient (Wildman–Crippen LogP) is 3.19. The highest BCUT2D eigenvalue weighted by molar-refractivity contribution is 5.73. The Kier molecular flexibility index (Phi) is 3.25. The van der Waals surface area contributed by atoms with Gasteiger partial charge in [-0.15, -0.1) is 0 Å². The lowest BCUT2D eigenvalue weighted by atomic mass is 10.1. The Hall–Kier alpha value is -1.35. The Balaban J connectivity index is 2.35. The van der Waals surface area contributed by atoms with Crippen molar-refractivity contribution in [3.63, 3.8) is 0 Å². The van der Waals surface area contributed by atoms with Gasteiger partial charge in [0.2, 0.25) is 5.89 Å². The molecule has 2 N–H and O–H groups in total. The van der Waals surface area contributed by atoms with Crippen LogP contribution in [0.4, 0.5) is 0 Å². The smallest absolute Gasteiger partial charge is 0.212 e. The highest BCUT2D eigenvalue weighted by Crippen LogP contribution is 2.22. The highest BCUT2D eigenvalue weighted by atomic mass is 16.3. The van der Waals surface area contributed by atoms with Gasteiger partial charge in [-0.25, -0.2) is 4.98 Å². The average Bonchev–Trinajstić information content (AvgIpc) is 2.71. The fourth-order valence-corrected chi connectivity index (χ4v) is 1.80. The van der Waals surface area contributed by atoms with Crippen molar-refractivity contribution in [2.24, 2.45) is 5.73 Å². The normalized spacial score (nSPS) is 13.2. The minimum Gasteiger partial charge on any atom is -0.439 e. The molecule has 1 atom stereocenters. The molecule has 0 fully saturated rings. The van der Waals surface area contributed by atoms with E-state index in [0.717, 1.165) is 30.4 Å². The van der Waals surface area contributed by atoms with Crippen molar-refractivity contribution in [3.8, 4) is 0 Å². The molecule has 1 heterocycles. The first kappa shape index (κ1) is 11.1. The molecule has 0 radical (unpaired) electrons. The summed E-state index contributed by atoms with van der Waals surface area (Å²) in [6.45, 7) is 4.24. The van der Waals surface area contributed by atoms with Gasteiger partial charge in [0.1, 0.15) is 5.52 Å². The van der Waals surface area contributed by atoms with Crippen LogP contribution in [0.5, 0.6) is 0 Å². The molecule has 3 heteroatoms. The molecule has 0 spiro atoms. The van der Waals surface area contributed by atoms with E-state index in [1.807, 2.05) is 6.07 Å². The summed E-state index contributed by atoms with van der Waals surface area (Å²) < 4.78 is 5.65. The largest absolute Gasteiger partial charge is 0.439 e. The average molecular weight is 218 g/mol. The molecule has 0 saturated carbocycles. The van der Waals surface area contributed by atoms with E-state index in [4.69, 9.17) is 10.2 Å². The van der Waals surface area contributed by atoms with Crippen molar-refractivity contribution in [1.82, 2.24) is 4.98 Å². The number of nitrogens with zero attached hydrogens (tertiary/aromatic N) is 1. The maximum atomic E-state index is 5.98. The third-order valence-electron chi connectivity index (χ3n) is 2.79. The Morgan fingerprint density at radius 2 is 2.19 bits per heavy atom. The molecule has 0 aliphatic carbocycles. The van der Waals surface area contributed by atoms with Gasteiger partial charge in [0.05, 0.1) is 6.04 Å². The number of nitrogens with two attached hydrogens (primary N) is 1. The second-order valence-corrected chi connectivity index (χ2v) is 4.10. The standard InChI is InChI=1S/C13H18N2O/c1-3-5-10(14)13-15-11-8-9(4-2)6-7-12(11)16-13/h6-8,10H,3-5,14H2,1-2H3. The van der Waals surface area contributed by atoms with Crippen LogP contribution in [0, 0.1) is 0 Å². The lowest BCUT2D eigenvalue weighted by Gasteiger charge is -2.03. The van der Waals surface area contributed by atoms with Crippen molar-refractivity contribution in [3.05, 3.63) is 29.7 Å². The topological polar surface area (TPSA) is 52.0 Å². The van der Waals surface area contributed by atoms with Gasteiger partial charge in [0, 0.05) is 0 Å². The predicted molar refractivity (Wildman–Crippen MR) is 65.2 cm³/mol. The Labute approximate surface area is 95.7 Å². The van der Waals surface area contributed by atoms with Crippen molar-refractivity contribution < 1.29 is 4.42 Å². The number of fused-ring (bicyclic) bond motifs is 1. The van der Waals surface area contributed by atoms with Gasteiger partial charge in [-0.3, -0.25) is 0 Å². The zero-order valence-electron chi connectivity index (χ0n) is 9.86. The van der Waals surface area contributed by atoms with Crippen LogP contribution in [-0.4, -0.2) is 4.98 Å². The number of benzene rings is 1. The van der Waals surface area contributed by atoms with Gasteiger partial charge in [-0.2, -0.15) is 0 Å². The fourth-order valence-electron chi connectivity index (χ4n) is 1.80. The van der Waals surface area contributed by atoms with Crippen molar-refractivity contribution in [2.45, 2.75) is 39.2 Å². The lowest BCUT2D eigenvalue weighted by molar-refractivity contribution is 0.456. The van der Waals surface area contributed by atoms with Crippen molar-refractivity contribution in [1.29, 1.82) is 0 Å². The van der Waals surface area contributed by atoms with Gasteiger partial charge in [0.15, 0.2) is 5.58 Å². The van der Waals surface area contributed by atoms with E-state index >= 15 is 0 Å². The summed E-state index contributed by atoms with van der Waals surface area (Å²) in [5.41, 5.74) is 9.01. The summed E-state index contributed by atoms with van der Waals surface area (Å²) in [5, 5.41) is 0. The maximum Gasteiger partial charge on any atom is 0.212 e. The van der Waals surface area contributed by atoms with E-state index in [1.165, 1.54) is 5.56 Å². The number of oxazole rings is 1. The van der Waals surface area contributed by atoms with E-state index < -0.39 is 0 Å². The van der Waals surface area contributed by atoms with Crippen LogP contribution >= 0.6 is 0 Å². The summed E-state index contributed by atoms with van der Waals surface area (Å²) >= 11 is 0. The molecule has 2 rings (SSSR count). The Morgan fingerprint density at radius 3 is 2.88 bits per heavy atom. The fraction of sp³-hybridized carbons (Fsp3) is 0.462. The van der Waals surface area contributed by atoms with Crippen molar-refractivity contribution in [2.75, 3.05) is 0 Å². The SMILES string of the molecule is CCCC(N)c1nc2cc(CC)ccc2o1. The summed E-state index contributed by atoms with van der Waals surface area (Å²) in [6.07, 6.45) is 2.96. The van der Waals surface area contributed by atoms with Crippen LogP contribution in [0.1, 0.15) is 44.2 Å². The molecule has 1 unspecified atom stereocenters. The number of rotatable bonds is 4. The summed E-state index contributed by atoms with van der Waals surface area (Å²) in [5.74, 6) is 0.658. The van der Waals surface area contributed by atoms with Gasteiger partial charge in [0.25, 0.3) is 0 Å². The lowest BCUT2D eigenvalue weighted by Crippen LogP contribution is -2.09. The number of hydrogen-bond donors (Lipinski definition) is 1. The molecule has 0 aliphatic heterocycles. The first-order chi connectivity index (χ1) is 7.74. The second-order valence-electron chi connectivity index (χ2n) is 4.10. The van der Waals surface area contributed by atoms with Crippen LogP contribution in [-0.2, 0) is 6.42 Å². The van der Waals surface area contributed by atoms with E-state index in [1.54, 1.807) is 0 Å². The minimum absolute atomic E-state index is 0.0810. The molecule has 1 aromatic heterocycles. The Bertz CT molecular complexity index is 476. The molecule has 2 aromatic rings. The molecule has 0 saturated heterocycles. The van der Waals surface area contributed by atoms with Gasteiger partial charge in [-0.05, 0) is 30.5 Å². The van der Waals surface area contributed by atoms with Gasteiger partial charge < -0.3 is 10.2 Å². The first-order valence-electron chi connectivity index (χ1n) is 5.89. The zero-order valence-corrected chi connectivity index (χ0v) is 9.86. The third-order valence-corrected chi connectivity index (χ3v) is 2.79. The monoisotopic (exact) mass is 218 g/mol. The molecule has 3 nitrogen and oxygen atoms in total.